The van der Waals surface area contributed by atoms with Gasteiger partial charge in [-0.1, -0.05) is 11.6 Å². The zero-order valence-electron chi connectivity index (χ0n) is 9.41. The van der Waals surface area contributed by atoms with E-state index in [4.69, 9.17) is 17.3 Å². The number of halogens is 1. The van der Waals surface area contributed by atoms with Crippen LogP contribution in [0.3, 0.4) is 0 Å². The maximum atomic E-state index is 5.85. The van der Waals surface area contributed by atoms with Gasteiger partial charge >= 0.3 is 0 Å². The SMILES string of the molecule is CN1CCCC(Nc2cc(Cl)ncc2N)C1. The molecule has 1 aromatic rings. The number of nitrogen functional groups attached to an aromatic ring is 1. The smallest absolute Gasteiger partial charge is 0.131 e. The van der Waals surface area contributed by atoms with Crippen molar-refractivity contribution < 1.29 is 0 Å². The number of hydrogen-bond donors (Lipinski definition) is 2. The lowest BCUT2D eigenvalue weighted by Gasteiger charge is -2.31. The highest BCUT2D eigenvalue weighted by atomic mass is 35.5. The Hall–Kier alpha value is -1.00. The minimum atomic E-state index is 0.444. The summed E-state index contributed by atoms with van der Waals surface area (Å²) < 4.78 is 0. The fourth-order valence-corrected chi connectivity index (χ4v) is 2.23. The van der Waals surface area contributed by atoms with E-state index in [0.29, 0.717) is 16.9 Å². The van der Waals surface area contributed by atoms with Crippen LogP contribution < -0.4 is 11.1 Å². The van der Waals surface area contributed by atoms with E-state index < -0.39 is 0 Å². The molecular weight excluding hydrogens is 224 g/mol. The summed E-state index contributed by atoms with van der Waals surface area (Å²) in [4.78, 5) is 6.26. The van der Waals surface area contributed by atoms with Gasteiger partial charge in [-0.15, -0.1) is 0 Å². The molecule has 88 valence electrons. The first-order valence-electron chi connectivity index (χ1n) is 5.51. The zero-order chi connectivity index (χ0) is 11.5. The van der Waals surface area contributed by atoms with Crippen LogP contribution in [0.2, 0.25) is 5.15 Å². The number of piperidine rings is 1. The van der Waals surface area contributed by atoms with Crippen LogP contribution in [0.15, 0.2) is 12.3 Å². The van der Waals surface area contributed by atoms with Gasteiger partial charge in [0.25, 0.3) is 0 Å². The molecule has 1 aliphatic heterocycles. The summed E-state index contributed by atoms with van der Waals surface area (Å²) >= 11 is 5.85. The number of likely N-dealkylation sites (N-methyl/N-ethyl adjacent to an activating group) is 1. The molecule has 1 saturated heterocycles. The monoisotopic (exact) mass is 240 g/mol. The van der Waals surface area contributed by atoms with Crippen LogP contribution in [-0.4, -0.2) is 36.1 Å². The van der Waals surface area contributed by atoms with Crippen molar-refractivity contribution in [2.75, 3.05) is 31.2 Å². The summed E-state index contributed by atoms with van der Waals surface area (Å²) in [6.07, 6.45) is 3.98. The molecule has 0 aliphatic carbocycles. The van der Waals surface area contributed by atoms with E-state index in [9.17, 15) is 0 Å². The van der Waals surface area contributed by atoms with Gasteiger partial charge in [-0.25, -0.2) is 4.98 Å². The average molecular weight is 241 g/mol. The molecule has 1 atom stereocenters. The van der Waals surface area contributed by atoms with Crippen LogP contribution in [0, 0.1) is 0 Å². The Bertz CT molecular complexity index is 369. The van der Waals surface area contributed by atoms with Crippen molar-refractivity contribution in [1.82, 2.24) is 9.88 Å². The number of hydrogen-bond acceptors (Lipinski definition) is 4. The Balaban J connectivity index is 2.05. The molecule has 1 fully saturated rings. The average Bonchev–Trinajstić information content (AvgIpc) is 2.24. The number of rotatable bonds is 2. The minimum Gasteiger partial charge on any atom is -0.396 e. The third-order valence-electron chi connectivity index (χ3n) is 2.89. The van der Waals surface area contributed by atoms with Gasteiger partial charge < -0.3 is 16.0 Å². The van der Waals surface area contributed by atoms with Crippen molar-refractivity contribution in [2.45, 2.75) is 18.9 Å². The van der Waals surface area contributed by atoms with Gasteiger partial charge in [0.15, 0.2) is 0 Å². The molecule has 0 saturated carbocycles. The molecule has 1 aromatic heterocycles. The molecule has 0 aromatic carbocycles. The van der Waals surface area contributed by atoms with Crippen molar-refractivity contribution in [3.63, 3.8) is 0 Å². The van der Waals surface area contributed by atoms with Crippen molar-refractivity contribution >= 4 is 23.0 Å². The summed E-state index contributed by atoms with van der Waals surface area (Å²) in [6, 6.07) is 2.23. The van der Waals surface area contributed by atoms with Gasteiger partial charge in [0.2, 0.25) is 0 Å². The second kappa shape index (κ2) is 4.89. The number of aromatic nitrogens is 1. The highest BCUT2D eigenvalue weighted by molar-refractivity contribution is 6.29. The van der Waals surface area contributed by atoms with E-state index in [0.717, 1.165) is 12.2 Å². The van der Waals surface area contributed by atoms with E-state index in [2.05, 4.69) is 22.2 Å². The number of anilines is 2. The first-order valence-corrected chi connectivity index (χ1v) is 5.89. The molecule has 0 radical (unpaired) electrons. The summed E-state index contributed by atoms with van der Waals surface area (Å²) in [5.41, 5.74) is 7.38. The molecule has 2 rings (SSSR count). The van der Waals surface area contributed by atoms with Crippen molar-refractivity contribution in [3.05, 3.63) is 17.4 Å². The maximum Gasteiger partial charge on any atom is 0.131 e. The topological polar surface area (TPSA) is 54.2 Å². The summed E-state index contributed by atoms with van der Waals surface area (Å²) in [6.45, 7) is 2.21. The molecule has 16 heavy (non-hydrogen) atoms. The van der Waals surface area contributed by atoms with Crippen LogP contribution in [0.5, 0.6) is 0 Å². The van der Waals surface area contributed by atoms with Crippen LogP contribution >= 0.6 is 11.6 Å². The number of nitrogens with two attached hydrogens (primary N) is 1. The van der Waals surface area contributed by atoms with Crippen molar-refractivity contribution in [1.29, 1.82) is 0 Å². The fourth-order valence-electron chi connectivity index (χ4n) is 2.07. The Morgan fingerprint density at radius 1 is 1.62 bits per heavy atom. The number of nitrogens with one attached hydrogen (secondary N) is 1. The summed E-state index contributed by atoms with van der Waals surface area (Å²) in [5.74, 6) is 0. The molecular formula is C11H17ClN4. The van der Waals surface area contributed by atoms with Crippen LogP contribution in [-0.2, 0) is 0 Å². The number of likely N-dealkylation sites (tertiary alicyclic amines) is 1. The predicted molar refractivity (Wildman–Crippen MR) is 67.8 cm³/mol. The van der Waals surface area contributed by atoms with Gasteiger partial charge in [0, 0.05) is 18.7 Å². The fraction of sp³-hybridized carbons (Fsp3) is 0.545. The minimum absolute atomic E-state index is 0.444. The zero-order valence-corrected chi connectivity index (χ0v) is 10.2. The molecule has 4 nitrogen and oxygen atoms in total. The molecule has 1 unspecified atom stereocenters. The summed E-state index contributed by atoms with van der Waals surface area (Å²) in [5, 5.41) is 3.90. The number of nitrogens with zero attached hydrogens (tertiary/aromatic N) is 2. The second-order valence-electron chi connectivity index (χ2n) is 4.34. The van der Waals surface area contributed by atoms with E-state index in [-0.39, 0.29) is 0 Å². The molecule has 1 aliphatic rings. The predicted octanol–water partition coefficient (Wildman–Crippen LogP) is 1.82. The Labute approximate surface area is 101 Å². The van der Waals surface area contributed by atoms with Gasteiger partial charge in [0.1, 0.15) is 5.15 Å². The van der Waals surface area contributed by atoms with Gasteiger partial charge in [-0.2, -0.15) is 0 Å². The third kappa shape index (κ3) is 2.77. The summed E-state index contributed by atoms with van der Waals surface area (Å²) in [7, 11) is 2.14. The lowest BCUT2D eigenvalue weighted by Crippen LogP contribution is -2.39. The van der Waals surface area contributed by atoms with E-state index in [1.807, 2.05) is 0 Å². The van der Waals surface area contributed by atoms with Gasteiger partial charge in [-0.05, 0) is 26.4 Å². The molecule has 0 bridgehead atoms. The van der Waals surface area contributed by atoms with Crippen LogP contribution in [0.4, 0.5) is 11.4 Å². The highest BCUT2D eigenvalue weighted by Gasteiger charge is 2.17. The van der Waals surface area contributed by atoms with Crippen molar-refractivity contribution in [2.24, 2.45) is 0 Å². The molecule has 3 N–H and O–H groups in total. The maximum absolute atomic E-state index is 5.85. The normalized spacial score (nSPS) is 22.0. The first kappa shape index (κ1) is 11.5. The standard InChI is InChI=1S/C11H17ClN4/c1-16-4-2-3-8(7-16)15-10-5-11(12)14-6-9(10)13/h5-6,8H,2-4,7,13H2,1H3,(H,14,15). The van der Waals surface area contributed by atoms with Crippen LogP contribution in [0.25, 0.3) is 0 Å². The quantitative estimate of drug-likeness (QED) is 0.775. The van der Waals surface area contributed by atoms with E-state index in [1.54, 1.807) is 12.3 Å². The Morgan fingerprint density at radius 2 is 2.44 bits per heavy atom. The molecule has 5 heteroatoms. The largest absolute Gasteiger partial charge is 0.396 e. The number of pyridine rings is 1. The first-order chi connectivity index (χ1) is 7.65. The lowest BCUT2D eigenvalue weighted by molar-refractivity contribution is 0.261. The second-order valence-corrected chi connectivity index (χ2v) is 4.73. The van der Waals surface area contributed by atoms with E-state index in [1.165, 1.54) is 19.4 Å². The Kier molecular flexibility index (Phi) is 3.51. The molecule has 2 heterocycles. The lowest BCUT2D eigenvalue weighted by atomic mass is 10.1. The molecule has 0 amide bonds. The van der Waals surface area contributed by atoms with Gasteiger partial charge in [0.05, 0.1) is 17.6 Å². The Morgan fingerprint density at radius 3 is 3.19 bits per heavy atom. The van der Waals surface area contributed by atoms with Gasteiger partial charge in [-0.3, -0.25) is 0 Å². The molecule has 0 spiro atoms. The van der Waals surface area contributed by atoms with E-state index >= 15 is 0 Å². The van der Waals surface area contributed by atoms with Crippen LogP contribution in [0.1, 0.15) is 12.8 Å². The highest BCUT2D eigenvalue weighted by Crippen LogP contribution is 2.23. The third-order valence-corrected chi connectivity index (χ3v) is 3.09. The van der Waals surface area contributed by atoms with Crippen molar-refractivity contribution in [3.8, 4) is 0 Å².